The maximum Gasteiger partial charge on any atom is 0.165 e. The number of anilines is 1. The van der Waals surface area contributed by atoms with E-state index in [9.17, 15) is 5.26 Å². The van der Waals surface area contributed by atoms with Gasteiger partial charge in [0.1, 0.15) is 5.69 Å². The van der Waals surface area contributed by atoms with E-state index in [1.165, 1.54) is 11.1 Å². The van der Waals surface area contributed by atoms with E-state index in [0.29, 0.717) is 11.5 Å². The van der Waals surface area contributed by atoms with Crippen LogP contribution in [0.4, 0.5) is 5.69 Å². The molecule has 1 atom stereocenters. The van der Waals surface area contributed by atoms with E-state index in [1.807, 2.05) is 18.2 Å². The van der Waals surface area contributed by atoms with E-state index in [2.05, 4.69) is 51.5 Å². The summed E-state index contributed by atoms with van der Waals surface area (Å²) in [6.07, 6.45) is 5.92. The Bertz CT molecular complexity index is 1120. The van der Waals surface area contributed by atoms with Gasteiger partial charge in [0.25, 0.3) is 0 Å². The number of methoxy groups -OCH3 is 1. The van der Waals surface area contributed by atoms with Crippen LogP contribution >= 0.6 is 0 Å². The van der Waals surface area contributed by atoms with Crippen molar-refractivity contribution in [3.63, 3.8) is 0 Å². The molecular formula is C23H23N5O. The van der Waals surface area contributed by atoms with Crippen LogP contribution in [0.3, 0.4) is 0 Å². The molecule has 1 aromatic heterocycles. The van der Waals surface area contributed by atoms with E-state index < -0.39 is 0 Å². The van der Waals surface area contributed by atoms with Crippen LogP contribution in [0.15, 0.2) is 47.6 Å². The van der Waals surface area contributed by atoms with Crippen LogP contribution in [-0.4, -0.2) is 24.0 Å². The molecule has 0 amide bonds. The highest BCUT2D eigenvalue weighted by molar-refractivity contribution is 5.91. The third kappa shape index (κ3) is 3.72. The van der Waals surface area contributed by atoms with Gasteiger partial charge in [-0.05, 0) is 67.4 Å². The summed E-state index contributed by atoms with van der Waals surface area (Å²) in [4.78, 5) is 3.81. The van der Waals surface area contributed by atoms with Gasteiger partial charge in [-0.3, -0.25) is 10.1 Å². The van der Waals surface area contributed by atoms with Gasteiger partial charge < -0.3 is 10.1 Å². The topological polar surface area (TPSA) is 86.1 Å². The van der Waals surface area contributed by atoms with E-state index in [0.717, 1.165) is 47.8 Å². The monoisotopic (exact) mass is 385 g/mol. The maximum atomic E-state index is 9.22. The molecule has 1 heterocycles. The van der Waals surface area contributed by atoms with E-state index in [4.69, 9.17) is 4.74 Å². The largest absolute Gasteiger partial charge is 0.493 e. The lowest BCUT2D eigenvalue weighted by Gasteiger charge is -2.21. The average Bonchev–Trinajstić information content (AvgIpc) is 3.06. The highest BCUT2D eigenvalue weighted by Gasteiger charge is 2.20. The lowest BCUT2D eigenvalue weighted by Crippen LogP contribution is -2.11. The predicted octanol–water partition coefficient (Wildman–Crippen LogP) is 4.96. The van der Waals surface area contributed by atoms with Gasteiger partial charge in [-0.2, -0.15) is 10.4 Å². The van der Waals surface area contributed by atoms with Crippen molar-refractivity contribution in [2.45, 2.75) is 31.7 Å². The second kappa shape index (κ2) is 8.19. The molecule has 3 aromatic rings. The molecule has 1 aliphatic carbocycles. The van der Waals surface area contributed by atoms with Crippen molar-refractivity contribution in [2.75, 3.05) is 12.4 Å². The number of aromatic amines is 1. The van der Waals surface area contributed by atoms with Gasteiger partial charge in [0.2, 0.25) is 0 Å². The first-order valence-corrected chi connectivity index (χ1v) is 9.71. The van der Waals surface area contributed by atoms with Crippen LogP contribution in [0.1, 0.15) is 47.7 Å². The first kappa shape index (κ1) is 18.8. The lowest BCUT2D eigenvalue weighted by atomic mass is 9.96. The molecule has 29 heavy (non-hydrogen) atoms. The summed E-state index contributed by atoms with van der Waals surface area (Å²) in [6, 6.07) is 14.7. The second-order valence-electron chi connectivity index (χ2n) is 7.18. The number of nitrogens with zero attached hydrogens (tertiary/aromatic N) is 3. The first-order valence-electron chi connectivity index (χ1n) is 9.71. The van der Waals surface area contributed by atoms with Crippen molar-refractivity contribution in [3.05, 3.63) is 65.0 Å². The predicted molar refractivity (Wildman–Crippen MR) is 116 cm³/mol. The van der Waals surface area contributed by atoms with Crippen LogP contribution < -0.4 is 5.32 Å². The SMILES string of the molecule is C=N/C=C(\OC)c1n[nH]c2ccc(N[C@@H]3CCCCc4cc(C#N)ccc43)cc12. The number of aryl methyl sites for hydroxylation is 1. The van der Waals surface area contributed by atoms with Crippen LogP contribution in [0, 0.1) is 11.3 Å². The summed E-state index contributed by atoms with van der Waals surface area (Å²) in [5.41, 5.74) is 5.93. The second-order valence-corrected chi connectivity index (χ2v) is 7.18. The number of nitrogens with one attached hydrogen (secondary N) is 2. The average molecular weight is 385 g/mol. The zero-order chi connectivity index (χ0) is 20.2. The zero-order valence-electron chi connectivity index (χ0n) is 16.4. The fraction of sp³-hybridized carbons (Fsp3) is 0.261. The van der Waals surface area contributed by atoms with Gasteiger partial charge in [-0.25, -0.2) is 0 Å². The Balaban J connectivity index is 1.69. The smallest absolute Gasteiger partial charge is 0.165 e. The number of nitriles is 1. The molecule has 6 heteroatoms. The number of ether oxygens (including phenoxy) is 1. The minimum Gasteiger partial charge on any atom is -0.493 e. The maximum absolute atomic E-state index is 9.22. The molecule has 2 N–H and O–H groups in total. The third-order valence-corrected chi connectivity index (χ3v) is 5.40. The Morgan fingerprint density at radius 2 is 2.24 bits per heavy atom. The molecule has 0 bridgehead atoms. The normalized spacial score (nSPS) is 16.6. The molecule has 6 nitrogen and oxygen atoms in total. The molecule has 0 saturated heterocycles. The summed E-state index contributed by atoms with van der Waals surface area (Å²) < 4.78 is 5.42. The summed E-state index contributed by atoms with van der Waals surface area (Å²) in [5, 5.41) is 21.3. The molecular weight excluding hydrogens is 362 g/mol. The van der Waals surface area contributed by atoms with Gasteiger partial charge in [-0.1, -0.05) is 12.5 Å². The highest BCUT2D eigenvalue weighted by atomic mass is 16.5. The number of fused-ring (bicyclic) bond motifs is 2. The van der Waals surface area contributed by atoms with E-state index >= 15 is 0 Å². The molecule has 4 rings (SSSR count). The van der Waals surface area contributed by atoms with Crippen molar-refractivity contribution < 1.29 is 4.74 Å². The molecule has 0 saturated carbocycles. The van der Waals surface area contributed by atoms with Crippen LogP contribution in [-0.2, 0) is 11.2 Å². The minimum atomic E-state index is 0.209. The Morgan fingerprint density at radius 1 is 1.34 bits per heavy atom. The van der Waals surface area contributed by atoms with Gasteiger partial charge >= 0.3 is 0 Å². The molecule has 0 spiro atoms. The summed E-state index contributed by atoms with van der Waals surface area (Å²) in [5.74, 6) is 0.562. The molecule has 146 valence electrons. The first-order chi connectivity index (χ1) is 14.2. The number of aromatic nitrogens is 2. The lowest BCUT2D eigenvalue weighted by molar-refractivity contribution is 0.368. The third-order valence-electron chi connectivity index (χ3n) is 5.40. The molecule has 2 aromatic carbocycles. The molecule has 0 fully saturated rings. The van der Waals surface area contributed by atoms with Crippen molar-refractivity contribution in [1.82, 2.24) is 10.2 Å². The summed E-state index contributed by atoms with van der Waals surface area (Å²) >= 11 is 0. The standard InChI is InChI=1S/C23H23N5O/c1-25-14-22(29-2)23-19-12-17(8-10-21(19)27-28-23)26-20-6-4-3-5-16-11-15(13-24)7-9-18(16)20/h7-12,14,20,26H,1,3-6H2,2H3,(H,27,28)/b22-14-/t20-/m1/s1. The molecule has 0 radical (unpaired) electrons. The highest BCUT2D eigenvalue weighted by Crippen LogP contribution is 2.33. The van der Waals surface area contributed by atoms with Crippen LogP contribution in [0.25, 0.3) is 16.7 Å². The van der Waals surface area contributed by atoms with Crippen LogP contribution in [0.5, 0.6) is 0 Å². The number of rotatable bonds is 5. The van der Waals surface area contributed by atoms with Crippen molar-refractivity contribution in [2.24, 2.45) is 4.99 Å². The van der Waals surface area contributed by atoms with Crippen LogP contribution in [0.2, 0.25) is 0 Å². The number of H-pyrrole nitrogens is 1. The number of benzene rings is 2. The van der Waals surface area contributed by atoms with Crippen molar-refractivity contribution >= 4 is 29.1 Å². The van der Waals surface area contributed by atoms with E-state index in [-0.39, 0.29) is 6.04 Å². The quantitative estimate of drug-likeness (QED) is 0.369. The van der Waals surface area contributed by atoms with Gasteiger partial charge in [0.05, 0.1) is 36.5 Å². The van der Waals surface area contributed by atoms with Crippen molar-refractivity contribution in [3.8, 4) is 6.07 Å². The molecule has 1 aliphatic rings. The Morgan fingerprint density at radius 3 is 3.03 bits per heavy atom. The van der Waals surface area contributed by atoms with Gasteiger partial charge in [-0.15, -0.1) is 0 Å². The Labute approximate surface area is 169 Å². The van der Waals surface area contributed by atoms with Gasteiger partial charge in [0.15, 0.2) is 5.76 Å². The minimum absolute atomic E-state index is 0.209. The summed E-state index contributed by atoms with van der Waals surface area (Å²) in [6.45, 7) is 3.50. The Kier molecular flexibility index (Phi) is 5.30. The number of hydrogen-bond acceptors (Lipinski definition) is 5. The fourth-order valence-electron chi connectivity index (χ4n) is 3.99. The zero-order valence-corrected chi connectivity index (χ0v) is 16.4. The number of aliphatic imine (C=N–C) groups is 1. The number of hydrogen-bond donors (Lipinski definition) is 2. The van der Waals surface area contributed by atoms with Crippen molar-refractivity contribution in [1.29, 1.82) is 5.26 Å². The fourth-order valence-corrected chi connectivity index (χ4v) is 3.99. The van der Waals surface area contributed by atoms with Gasteiger partial charge in [0, 0.05) is 11.1 Å². The Hall–Kier alpha value is -3.59. The molecule has 0 unspecified atom stereocenters. The summed E-state index contributed by atoms with van der Waals surface area (Å²) in [7, 11) is 1.59. The molecule has 0 aliphatic heterocycles. The van der Waals surface area contributed by atoms with E-state index in [1.54, 1.807) is 13.3 Å².